The first kappa shape index (κ1) is 17.8. The SMILES string of the molecule is COC(=O)CCC(=O)N[C@@H]1CO[C@@H]2[C@@H]1OC[C@H]2OCc1ccccc1. The van der Waals surface area contributed by atoms with Gasteiger partial charge in [-0.25, -0.2) is 0 Å². The van der Waals surface area contributed by atoms with Gasteiger partial charge < -0.3 is 24.3 Å². The molecular weight excluding hydrogens is 326 g/mol. The van der Waals surface area contributed by atoms with Gasteiger partial charge in [-0.15, -0.1) is 0 Å². The van der Waals surface area contributed by atoms with Gasteiger partial charge in [0.1, 0.15) is 18.3 Å². The zero-order valence-electron chi connectivity index (χ0n) is 14.2. The molecule has 2 aliphatic heterocycles. The van der Waals surface area contributed by atoms with Crippen molar-refractivity contribution >= 4 is 11.9 Å². The molecule has 0 spiro atoms. The summed E-state index contributed by atoms with van der Waals surface area (Å²) in [5.41, 5.74) is 1.09. The number of methoxy groups -OCH3 is 1. The summed E-state index contributed by atoms with van der Waals surface area (Å²) in [6, 6.07) is 9.70. The fourth-order valence-corrected chi connectivity index (χ4v) is 3.10. The molecule has 7 nitrogen and oxygen atoms in total. The Labute approximate surface area is 146 Å². The molecule has 1 aromatic carbocycles. The lowest BCUT2D eigenvalue weighted by Crippen LogP contribution is -2.44. The van der Waals surface area contributed by atoms with Crippen molar-refractivity contribution in [2.24, 2.45) is 0 Å². The maximum absolute atomic E-state index is 11.9. The molecule has 1 aromatic rings. The number of rotatable bonds is 7. The predicted molar refractivity (Wildman–Crippen MR) is 87.7 cm³/mol. The zero-order chi connectivity index (χ0) is 17.6. The normalized spacial score (nSPS) is 27.7. The van der Waals surface area contributed by atoms with Gasteiger partial charge >= 0.3 is 5.97 Å². The van der Waals surface area contributed by atoms with Crippen LogP contribution in [-0.2, 0) is 35.1 Å². The van der Waals surface area contributed by atoms with Crippen LogP contribution in [0.1, 0.15) is 18.4 Å². The standard InChI is InChI=1S/C18H23NO6/c1-22-16(21)8-7-15(20)19-13-10-24-18-14(11-25-17(13)18)23-9-12-5-3-2-4-6-12/h2-6,13-14,17-18H,7-11H2,1H3,(H,19,20)/t13-,14-,17-,18+/m1/s1. The van der Waals surface area contributed by atoms with Crippen LogP contribution in [0.5, 0.6) is 0 Å². The van der Waals surface area contributed by atoms with Crippen molar-refractivity contribution < 1.29 is 28.5 Å². The fourth-order valence-electron chi connectivity index (χ4n) is 3.10. The number of ether oxygens (including phenoxy) is 4. The number of amides is 1. The topological polar surface area (TPSA) is 83.1 Å². The molecule has 2 aliphatic rings. The van der Waals surface area contributed by atoms with Gasteiger partial charge in [0, 0.05) is 6.42 Å². The first-order chi connectivity index (χ1) is 12.2. The van der Waals surface area contributed by atoms with Crippen molar-refractivity contribution in [3.8, 4) is 0 Å². The van der Waals surface area contributed by atoms with E-state index in [-0.39, 0.29) is 43.1 Å². The Morgan fingerprint density at radius 3 is 2.64 bits per heavy atom. The Balaban J connectivity index is 1.45. The van der Waals surface area contributed by atoms with Gasteiger partial charge in [-0.2, -0.15) is 0 Å². The number of esters is 1. The minimum atomic E-state index is -0.401. The van der Waals surface area contributed by atoms with Crippen LogP contribution in [-0.4, -0.2) is 56.6 Å². The number of fused-ring (bicyclic) bond motifs is 1. The summed E-state index contributed by atoms with van der Waals surface area (Å²) in [6.45, 7) is 1.32. The summed E-state index contributed by atoms with van der Waals surface area (Å²) in [5, 5.41) is 2.87. The summed E-state index contributed by atoms with van der Waals surface area (Å²) in [6.07, 6.45) is -0.401. The number of benzene rings is 1. The summed E-state index contributed by atoms with van der Waals surface area (Å²) >= 11 is 0. The average Bonchev–Trinajstić information content (AvgIpc) is 3.22. The van der Waals surface area contributed by atoms with E-state index in [2.05, 4.69) is 10.1 Å². The summed E-state index contributed by atoms with van der Waals surface area (Å²) in [4.78, 5) is 23.0. The number of hydrogen-bond donors (Lipinski definition) is 1. The monoisotopic (exact) mass is 349 g/mol. The Kier molecular flexibility index (Phi) is 6.01. The lowest BCUT2D eigenvalue weighted by molar-refractivity contribution is -0.142. The van der Waals surface area contributed by atoms with Gasteiger partial charge in [0.25, 0.3) is 0 Å². The van der Waals surface area contributed by atoms with Crippen LogP contribution in [0, 0.1) is 0 Å². The Bertz CT molecular complexity index is 592. The second kappa shape index (κ2) is 8.42. The highest BCUT2D eigenvalue weighted by atomic mass is 16.6. The lowest BCUT2D eigenvalue weighted by Gasteiger charge is -2.18. The first-order valence-corrected chi connectivity index (χ1v) is 8.42. The third kappa shape index (κ3) is 4.56. The molecule has 2 heterocycles. The van der Waals surface area contributed by atoms with E-state index in [9.17, 15) is 9.59 Å². The van der Waals surface area contributed by atoms with Crippen molar-refractivity contribution in [2.75, 3.05) is 20.3 Å². The second-order valence-electron chi connectivity index (χ2n) is 6.18. The molecule has 0 aromatic heterocycles. The van der Waals surface area contributed by atoms with E-state index in [4.69, 9.17) is 14.2 Å². The van der Waals surface area contributed by atoms with Crippen LogP contribution in [0.3, 0.4) is 0 Å². The minimum absolute atomic E-state index is 0.0632. The summed E-state index contributed by atoms with van der Waals surface area (Å²) in [5.74, 6) is -0.612. The molecule has 1 amide bonds. The number of hydrogen-bond acceptors (Lipinski definition) is 6. The van der Waals surface area contributed by atoms with E-state index in [1.807, 2.05) is 30.3 Å². The van der Waals surface area contributed by atoms with Crippen LogP contribution in [0.2, 0.25) is 0 Å². The van der Waals surface area contributed by atoms with E-state index >= 15 is 0 Å². The van der Waals surface area contributed by atoms with Crippen LogP contribution in [0.4, 0.5) is 0 Å². The molecule has 136 valence electrons. The van der Waals surface area contributed by atoms with Crippen molar-refractivity contribution in [1.29, 1.82) is 0 Å². The van der Waals surface area contributed by atoms with Crippen molar-refractivity contribution in [3.05, 3.63) is 35.9 Å². The fraction of sp³-hybridized carbons (Fsp3) is 0.556. The molecule has 2 fully saturated rings. The molecule has 2 saturated heterocycles. The van der Waals surface area contributed by atoms with E-state index in [1.165, 1.54) is 7.11 Å². The van der Waals surface area contributed by atoms with Gasteiger partial charge in [0.05, 0.1) is 39.4 Å². The lowest BCUT2D eigenvalue weighted by atomic mass is 10.1. The molecule has 7 heteroatoms. The summed E-state index contributed by atoms with van der Waals surface area (Å²) < 4.78 is 22.0. The van der Waals surface area contributed by atoms with E-state index < -0.39 is 5.97 Å². The molecule has 0 unspecified atom stereocenters. The highest BCUT2D eigenvalue weighted by Gasteiger charge is 2.48. The smallest absolute Gasteiger partial charge is 0.306 e. The van der Waals surface area contributed by atoms with Crippen LogP contribution in [0.25, 0.3) is 0 Å². The van der Waals surface area contributed by atoms with Gasteiger partial charge in [-0.3, -0.25) is 9.59 Å². The molecule has 0 radical (unpaired) electrons. The zero-order valence-corrected chi connectivity index (χ0v) is 14.2. The third-order valence-corrected chi connectivity index (χ3v) is 4.45. The first-order valence-electron chi connectivity index (χ1n) is 8.42. The number of carbonyl (C=O) groups excluding carboxylic acids is 2. The molecule has 1 N–H and O–H groups in total. The van der Waals surface area contributed by atoms with Crippen LogP contribution in [0.15, 0.2) is 30.3 Å². The highest BCUT2D eigenvalue weighted by molar-refractivity contribution is 5.81. The highest BCUT2D eigenvalue weighted by Crippen LogP contribution is 2.29. The largest absolute Gasteiger partial charge is 0.469 e. The average molecular weight is 349 g/mol. The number of nitrogens with one attached hydrogen (secondary N) is 1. The van der Waals surface area contributed by atoms with E-state index in [0.717, 1.165) is 5.56 Å². The van der Waals surface area contributed by atoms with Crippen molar-refractivity contribution in [2.45, 2.75) is 43.8 Å². The maximum atomic E-state index is 11.9. The van der Waals surface area contributed by atoms with Gasteiger partial charge in [-0.05, 0) is 5.56 Å². The Hall–Kier alpha value is -1.96. The molecular formula is C18H23NO6. The van der Waals surface area contributed by atoms with Gasteiger partial charge in [0.2, 0.25) is 5.91 Å². The molecule has 0 saturated carbocycles. The third-order valence-electron chi connectivity index (χ3n) is 4.45. The van der Waals surface area contributed by atoms with Crippen molar-refractivity contribution in [1.82, 2.24) is 5.32 Å². The van der Waals surface area contributed by atoms with Gasteiger partial charge in [0.15, 0.2) is 0 Å². The maximum Gasteiger partial charge on any atom is 0.306 e. The molecule has 0 aliphatic carbocycles. The Morgan fingerprint density at radius 2 is 1.88 bits per heavy atom. The molecule has 4 atom stereocenters. The quantitative estimate of drug-likeness (QED) is 0.734. The summed E-state index contributed by atoms with van der Waals surface area (Å²) in [7, 11) is 1.30. The predicted octanol–water partition coefficient (Wildman–Crippen LogP) is 0.807. The molecule has 3 rings (SSSR count). The van der Waals surface area contributed by atoms with Crippen LogP contribution < -0.4 is 5.32 Å². The van der Waals surface area contributed by atoms with E-state index in [1.54, 1.807) is 0 Å². The second-order valence-corrected chi connectivity index (χ2v) is 6.18. The number of carbonyl (C=O) groups is 2. The van der Waals surface area contributed by atoms with Crippen molar-refractivity contribution in [3.63, 3.8) is 0 Å². The Morgan fingerprint density at radius 1 is 1.12 bits per heavy atom. The van der Waals surface area contributed by atoms with Gasteiger partial charge in [-0.1, -0.05) is 30.3 Å². The molecule has 0 bridgehead atoms. The minimum Gasteiger partial charge on any atom is -0.469 e. The van der Waals surface area contributed by atoms with E-state index in [0.29, 0.717) is 19.8 Å². The molecule has 25 heavy (non-hydrogen) atoms. The van der Waals surface area contributed by atoms with Crippen LogP contribution >= 0.6 is 0 Å².